The zero-order valence-corrected chi connectivity index (χ0v) is 18.3. The number of fused-ring (bicyclic) bond motifs is 1. The van der Waals surface area contributed by atoms with Gasteiger partial charge in [0.2, 0.25) is 0 Å². The Kier molecular flexibility index (Phi) is 8.66. The van der Waals surface area contributed by atoms with E-state index in [4.69, 9.17) is 16.3 Å². The van der Waals surface area contributed by atoms with Crippen LogP contribution in [-0.2, 0) is 0 Å². The molecule has 0 bridgehead atoms. The lowest BCUT2D eigenvalue weighted by Crippen LogP contribution is -2.41. The molecule has 2 atom stereocenters. The van der Waals surface area contributed by atoms with Crippen molar-refractivity contribution in [3.8, 4) is 5.75 Å². The lowest BCUT2D eigenvalue weighted by atomic mass is 10.0. The van der Waals surface area contributed by atoms with Crippen LogP contribution in [0.25, 0.3) is 0 Å². The minimum atomic E-state index is -0.749. The molecule has 2 aromatic rings. The summed E-state index contributed by atoms with van der Waals surface area (Å²) in [6, 6.07) is 15.4. The molecule has 0 radical (unpaired) electrons. The molecule has 2 aromatic carbocycles. The molecule has 0 aromatic heterocycles. The Bertz CT molecular complexity index is 772. The molecule has 0 fully saturated rings. The summed E-state index contributed by atoms with van der Waals surface area (Å²) < 4.78 is 5.71. The Hall–Kier alpha value is -1.51. The van der Waals surface area contributed by atoms with Crippen LogP contribution in [0.4, 0.5) is 0 Å². The van der Waals surface area contributed by atoms with E-state index >= 15 is 0 Å². The third kappa shape index (κ3) is 5.73. The highest BCUT2D eigenvalue weighted by molar-refractivity contribution is 14.0. The van der Waals surface area contributed by atoms with Crippen molar-refractivity contribution >= 4 is 41.5 Å². The fourth-order valence-electron chi connectivity index (χ4n) is 3.00. The Morgan fingerprint density at radius 2 is 2.00 bits per heavy atom. The molecule has 3 N–H and O–H groups in total. The number of hydrogen-bond acceptors (Lipinski definition) is 3. The molecule has 0 aliphatic carbocycles. The van der Waals surface area contributed by atoms with Gasteiger partial charge in [-0.3, -0.25) is 4.99 Å². The Labute approximate surface area is 182 Å². The monoisotopic (exact) mass is 501 g/mol. The number of aliphatic hydroxyl groups excluding tert-OH is 1. The second kappa shape index (κ2) is 10.7. The van der Waals surface area contributed by atoms with Crippen LogP contribution < -0.4 is 15.4 Å². The van der Waals surface area contributed by atoms with E-state index < -0.39 is 6.10 Å². The van der Waals surface area contributed by atoms with Gasteiger partial charge in [-0.2, -0.15) is 0 Å². The highest BCUT2D eigenvalue weighted by Crippen LogP contribution is 2.31. The summed E-state index contributed by atoms with van der Waals surface area (Å²) in [5, 5.41) is 17.6. The van der Waals surface area contributed by atoms with E-state index in [9.17, 15) is 5.11 Å². The van der Waals surface area contributed by atoms with Crippen LogP contribution in [0.3, 0.4) is 0 Å². The molecule has 0 amide bonds. The van der Waals surface area contributed by atoms with E-state index in [2.05, 4.69) is 21.7 Å². The SMILES string of the molecule is CCNC(=NCC(O)c1ccccc1Cl)NC1CCOc2ccccc21.I. The first-order chi connectivity index (χ1) is 12.7. The third-order valence-electron chi connectivity index (χ3n) is 4.30. The van der Waals surface area contributed by atoms with E-state index in [-0.39, 0.29) is 36.6 Å². The number of hydrogen-bond donors (Lipinski definition) is 3. The molecule has 0 saturated carbocycles. The van der Waals surface area contributed by atoms with Crippen LogP contribution in [0, 0.1) is 0 Å². The average molecular weight is 502 g/mol. The minimum Gasteiger partial charge on any atom is -0.493 e. The summed E-state index contributed by atoms with van der Waals surface area (Å²) in [6.07, 6.45) is 0.107. The molecule has 1 aliphatic heterocycles. The summed E-state index contributed by atoms with van der Waals surface area (Å²) in [4.78, 5) is 4.54. The van der Waals surface area contributed by atoms with E-state index in [1.165, 1.54) is 0 Å². The number of ether oxygens (including phenoxy) is 1. The van der Waals surface area contributed by atoms with Crippen molar-refractivity contribution in [2.24, 2.45) is 4.99 Å². The highest BCUT2D eigenvalue weighted by Gasteiger charge is 2.22. The van der Waals surface area contributed by atoms with Gasteiger partial charge < -0.3 is 20.5 Å². The summed E-state index contributed by atoms with van der Waals surface area (Å²) in [5.74, 6) is 1.57. The lowest BCUT2D eigenvalue weighted by Gasteiger charge is -2.28. The zero-order chi connectivity index (χ0) is 18.4. The number of halogens is 2. The number of nitrogens with one attached hydrogen (secondary N) is 2. The van der Waals surface area contributed by atoms with Crippen molar-refractivity contribution in [1.29, 1.82) is 0 Å². The molecule has 7 heteroatoms. The fourth-order valence-corrected chi connectivity index (χ4v) is 3.26. The first-order valence-corrected chi connectivity index (χ1v) is 9.26. The molecular formula is C20H25ClIN3O2. The number of nitrogens with zero attached hydrogens (tertiary/aromatic N) is 1. The highest BCUT2D eigenvalue weighted by atomic mass is 127. The van der Waals surface area contributed by atoms with Gasteiger partial charge in [0.25, 0.3) is 0 Å². The van der Waals surface area contributed by atoms with Crippen molar-refractivity contribution in [2.45, 2.75) is 25.5 Å². The van der Waals surface area contributed by atoms with Crippen molar-refractivity contribution in [2.75, 3.05) is 19.7 Å². The maximum absolute atomic E-state index is 10.4. The third-order valence-corrected chi connectivity index (χ3v) is 4.64. The van der Waals surface area contributed by atoms with Gasteiger partial charge in [0.1, 0.15) is 11.9 Å². The van der Waals surface area contributed by atoms with E-state index in [0.717, 1.165) is 24.3 Å². The van der Waals surface area contributed by atoms with Gasteiger partial charge in [0, 0.05) is 29.1 Å². The molecule has 5 nitrogen and oxygen atoms in total. The lowest BCUT2D eigenvalue weighted by molar-refractivity contribution is 0.187. The van der Waals surface area contributed by atoms with Gasteiger partial charge in [-0.1, -0.05) is 48.0 Å². The molecule has 146 valence electrons. The predicted octanol–water partition coefficient (Wildman–Crippen LogP) is 4.07. The summed E-state index contributed by atoms with van der Waals surface area (Å²) in [6.45, 7) is 3.64. The van der Waals surface area contributed by atoms with E-state index in [0.29, 0.717) is 23.2 Å². The van der Waals surface area contributed by atoms with Crippen molar-refractivity contribution in [3.05, 3.63) is 64.7 Å². The largest absolute Gasteiger partial charge is 0.493 e. The van der Waals surface area contributed by atoms with Crippen LogP contribution in [0.5, 0.6) is 5.75 Å². The molecule has 1 heterocycles. The fraction of sp³-hybridized carbons (Fsp3) is 0.350. The van der Waals surface area contributed by atoms with Crippen LogP contribution in [0.2, 0.25) is 5.02 Å². The van der Waals surface area contributed by atoms with Gasteiger partial charge in [-0.15, -0.1) is 24.0 Å². The molecule has 27 heavy (non-hydrogen) atoms. The van der Waals surface area contributed by atoms with Crippen LogP contribution in [-0.4, -0.2) is 30.8 Å². The normalized spacial score (nSPS) is 17.1. The summed E-state index contributed by atoms with van der Waals surface area (Å²) in [7, 11) is 0. The number of rotatable bonds is 5. The molecular weight excluding hydrogens is 477 g/mol. The van der Waals surface area contributed by atoms with E-state index in [1.54, 1.807) is 6.07 Å². The Balaban J connectivity index is 0.00000261. The maximum atomic E-state index is 10.4. The quantitative estimate of drug-likeness (QED) is 0.328. The predicted molar refractivity (Wildman–Crippen MR) is 120 cm³/mol. The topological polar surface area (TPSA) is 65.9 Å². The summed E-state index contributed by atoms with van der Waals surface area (Å²) >= 11 is 6.15. The second-order valence-electron chi connectivity index (χ2n) is 6.13. The number of guanidine groups is 1. The van der Waals surface area contributed by atoms with Crippen molar-refractivity contribution < 1.29 is 9.84 Å². The Morgan fingerprint density at radius 3 is 2.78 bits per heavy atom. The van der Waals surface area contributed by atoms with Gasteiger partial charge in [0.15, 0.2) is 5.96 Å². The number of aliphatic hydroxyl groups is 1. The molecule has 1 aliphatic rings. The van der Waals surface area contributed by atoms with Gasteiger partial charge in [-0.25, -0.2) is 0 Å². The second-order valence-corrected chi connectivity index (χ2v) is 6.54. The van der Waals surface area contributed by atoms with Gasteiger partial charge in [0.05, 0.1) is 19.2 Å². The standard InChI is InChI=1S/C20H24ClN3O2.HI/c1-2-22-20(23-13-18(25)14-7-3-5-9-16(14)21)24-17-11-12-26-19-10-6-4-8-15(17)19;/h3-10,17-18,25H,2,11-13H2,1H3,(H2,22,23,24);1H. The van der Waals surface area contributed by atoms with Crippen LogP contribution in [0.15, 0.2) is 53.5 Å². The average Bonchev–Trinajstić information content (AvgIpc) is 2.66. The first-order valence-electron chi connectivity index (χ1n) is 8.88. The number of benzene rings is 2. The van der Waals surface area contributed by atoms with E-state index in [1.807, 2.05) is 43.3 Å². The summed E-state index contributed by atoms with van der Waals surface area (Å²) in [5.41, 5.74) is 1.81. The first kappa shape index (κ1) is 21.8. The molecule has 3 rings (SSSR count). The molecule has 2 unspecified atom stereocenters. The van der Waals surface area contributed by atoms with Gasteiger partial charge in [-0.05, 0) is 19.1 Å². The van der Waals surface area contributed by atoms with Crippen LogP contribution >= 0.6 is 35.6 Å². The zero-order valence-electron chi connectivity index (χ0n) is 15.2. The van der Waals surface area contributed by atoms with Crippen molar-refractivity contribution in [3.63, 3.8) is 0 Å². The molecule has 0 spiro atoms. The van der Waals surface area contributed by atoms with Crippen LogP contribution in [0.1, 0.15) is 36.6 Å². The maximum Gasteiger partial charge on any atom is 0.191 e. The number of aliphatic imine (C=N–C) groups is 1. The van der Waals surface area contributed by atoms with Crippen molar-refractivity contribution in [1.82, 2.24) is 10.6 Å². The molecule has 0 saturated heterocycles. The smallest absolute Gasteiger partial charge is 0.191 e. The number of para-hydroxylation sites is 1. The Morgan fingerprint density at radius 1 is 1.26 bits per heavy atom. The minimum absolute atomic E-state index is 0. The van der Waals surface area contributed by atoms with Gasteiger partial charge >= 0.3 is 0 Å².